The molecule has 2 atom stereocenters. The lowest BCUT2D eigenvalue weighted by Gasteiger charge is -2.16. The van der Waals surface area contributed by atoms with Crippen molar-refractivity contribution >= 4 is 9.84 Å². The SMILES string of the molecule is Cn1nncc1C(N)C1CCS(=O)(=O)C1. The molecule has 7 heteroatoms. The van der Waals surface area contributed by atoms with E-state index >= 15 is 0 Å². The molecule has 1 aromatic rings. The predicted octanol–water partition coefficient (Wildman–Crippen LogP) is -0.750. The highest BCUT2D eigenvalue weighted by Crippen LogP contribution is 2.28. The highest BCUT2D eigenvalue weighted by atomic mass is 32.2. The maximum Gasteiger partial charge on any atom is 0.150 e. The maximum absolute atomic E-state index is 11.3. The lowest BCUT2D eigenvalue weighted by molar-refractivity contribution is 0.452. The minimum absolute atomic E-state index is 0.00722. The first-order valence-electron chi connectivity index (χ1n) is 4.80. The van der Waals surface area contributed by atoms with E-state index in [2.05, 4.69) is 10.3 Å². The molecule has 1 fully saturated rings. The molecule has 2 N–H and O–H groups in total. The third-order valence-corrected chi connectivity index (χ3v) is 4.66. The van der Waals surface area contributed by atoms with Crippen LogP contribution in [0.15, 0.2) is 6.20 Å². The van der Waals surface area contributed by atoms with E-state index in [9.17, 15) is 8.42 Å². The number of rotatable bonds is 2. The zero-order chi connectivity index (χ0) is 11.1. The fraction of sp³-hybridized carbons (Fsp3) is 0.750. The molecule has 0 spiro atoms. The summed E-state index contributed by atoms with van der Waals surface area (Å²) in [6.45, 7) is 0. The van der Waals surface area contributed by atoms with Crippen LogP contribution in [0.1, 0.15) is 18.2 Å². The molecule has 0 radical (unpaired) electrons. The van der Waals surface area contributed by atoms with Gasteiger partial charge in [-0.15, -0.1) is 5.10 Å². The van der Waals surface area contributed by atoms with Crippen LogP contribution in [-0.2, 0) is 16.9 Å². The van der Waals surface area contributed by atoms with Gasteiger partial charge in [0.25, 0.3) is 0 Å². The quantitative estimate of drug-likeness (QED) is 0.721. The first kappa shape index (κ1) is 10.6. The molecule has 2 unspecified atom stereocenters. The molecule has 1 aliphatic heterocycles. The first-order chi connectivity index (χ1) is 6.99. The van der Waals surface area contributed by atoms with Crippen LogP contribution in [0.3, 0.4) is 0 Å². The molecule has 2 rings (SSSR count). The molecule has 15 heavy (non-hydrogen) atoms. The molecular formula is C8H14N4O2S. The summed E-state index contributed by atoms with van der Waals surface area (Å²) in [4.78, 5) is 0. The van der Waals surface area contributed by atoms with E-state index < -0.39 is 9.84 Å². The van der Waals surface area contributed by atoms with Gasteiger partial charge in [-0.05, 0) is 12.3 Å². The third kappa shape index (κ3) is 2.03. The van der Waals surface area contributed by atoms with Crippen LogP contribution >= 0.6 is 0 Å². The van der Waals surface area contributed by atoms with Crippen LogP contribution in [0.4, 0.5) is 0 Å². The van der Waals surface area contributed by atoms with Crippen molar-refractivity contribution in [3.63, 3.8) is 0 Å². The molecule has 0 amide bonds. The number of hydrogen-bond acceptors (Lipinski definition) is 5. The fourth-order valence-corrected chi connectivity index (χ4v) is 3.80. The standard InChI is InChI=1S/C8H14N4O2S/c1-12-7(4-10-11-12)8(9)6-2-3-15(13,14)5-6/h4,6,8H,2-3,5,9H2,1H3. The molecular weight excluding hydrogens is 216 g/mol. The summed E-state index contributed by atoms with van der Waals surface area (Å²) >= 11 is 0. The average Bonchev–Trinajstić information content (AvgIpc) is 2.71. The van der Waals surface area contributed by atoms with Crippen LogP contribution in [0.25, 0.3) is 0 Å². The smallest absolute Gasteiger partial charge is 0.150 e. The zero-order valence-corrected chi connectivity index (χ0v) is 9.31. The van der Waals surface area contributed by atoms with Crippen LogP contribution in [0.2, 0.25) is 0 Å². The van der Waals surface area contributed by atoms with Gasteiger partial charge in [-0.25, -0.2) is 8.42 Å². The second-order valence-corrected chi connectivity index (χ2v) is 6.20. The number of sulfone groups is 1. The van der Waals surface area contributed by atoms with E-state index in [1.54, 1.807) is 17.9 Å². The van der Waals surface area contributed by atoms with E-state index in [-0.39, 0.29) is 23.5 Å². The molecule has 1 aromatic heterocycles. The summed E-state index contributed by atoms with van der Waals surface area (Å²) in [7, 11) is -1.12. The number of hydrogen-bond donors (Lipinski definition) is 1. The van der Waals surface area contributed by atoms with E-state index in [4.69, 9.17) is 5.73 Å². The summed E-state index contributed by atoms with van der Waals surface area (Å²) in [5.74, 6) is 0.419. The lowest BCUT2D eigenvalue weighted by atomic mass is 9.98. The Morgan fingerprint density at radius 2 is 2.40 bits per heavy atom. The fourth-order valence-electron chi connectivity index (χ4n) is 1.95. The maximum atomic E-state index is 11.3. The number of nitrogens with zero attached hydrogens (tertiary/aromatic N) is 3. The van der Waals surface area contributed by atoms with Crippen molar-refractivity contribution in [1.29, 1.82) is 0 Å². The van der Waals surface area contributed by atoms with Crippen LogP contribution in [-0.4, -0.2) is 34.9 Å². The molecule has 0 bridgehead atoms. The van der Waals surface area contributed by atoms with Gasteiger partial charge in [-0.3, -0.25) is 4.68 Å². The Balaban J connectivity index is 2.17. The second kappa shape index (κ2) is 3.57. The van der Waals surface area contributed by atoms with Crippen LogP contribution < -0.4 is 5.73 Å². The third-order valence-electron chi connectivity index (χ3n) is 2.87. The van der Waals surface area contributed by atoms with Crippen LogP contribution in [0, 0.1) is 5.92 Å². The van der Waals surface area contributed by atoms with Gasteiger partial charge in [0.15, 0.2) is 9.84 Å². The first-order valence-corrected chi connectivity index (χ1v) is 6.62. The van der Waals surface area contributed by atoms with Crippen molar-refractivity contribution in [2.24, 2.45) is 18.7 Å². The molecule has 1 saturated heterocycles. The highest BCUT2D eigenvalue weighted by Gasteiger charge is 2.33. The Bertz CT molecular complexity index is 453. The summed E-state index contributed by atoms with van der Waals surface area (Å²) in [5.41, 5.74) is 6.79. The largest absolute Gasteiger partial charge is 0.322 e. The molecule has 0 aromatic carbocycles. The molecule has 0 aliphatic carbocycles. The molecule has 1 aliphatic rings. The normalized spacial score (nSPS) is 26.7. The Hall–Kier alpha value is -0.950. The highest BCUT2D eigenvalue weighted by molar-refractivity contribution is 7.91. The summed E-state index contributed by atoms with van der Waals surface area (Å²) in [6.07, 6.45) is 2.23. The monoisotopic (exact) mass is 230 g/mol. The van der Waals surface area contributed by atoms with Gasteiger partial charge in [0, 0.05) is 7.05 Å². The summed E-state index contributed by atoms with van der Waals surface area (Å²) in [6, 6.07) is -0.290. The van der Waals surface area contributed by atoms with Gasteiger partial charge < -0.3 is 5.73 Å². The Morgan fingerprint density at radius 3 is 2.87 bits per heavy atom. The van der Waals surface area contributed by atoms with Gasteiger partial charge in [-0.2, -0.15) is 0 Å². The molecule has 84 valence electrons. The lowest BCUT2D eigenvalue weighted by Crippen LogP contribution is -2.24. The van der Waals surface area contributed by atoms with Gasteiger partial charge in [-0.1, -0.05) is 5.21 Å². The summed E-state index contributed by atoms with van der Waals surface area (Å²) in [5, 5.41) is 7.52. The van der Waals surface area contributed by atoms with Crippen molar-refractivity contribution in [3.05, 3.63) is 11.9 Å². The Labute approximate surface area is 88.4 Å². The number of aryl methyl sites for hydroxylation is 1. The number of nitrogens with two attached hydrogens (primary N) is 1. The number of aromatic nitrogens is 3. The minimum Gasteiger partial charge on any atom is -0.322 e. The van der Waals surface area contributed by atoms with Gasteiger partial charge >= 0.3 is 0 Å². The molecule has 6 nitrogen and oxygen atoms in total. The van der Waals surface area contributed by atoms with Gasteiger partial charge in [0.05, 0.1) is 29.4 Å². The van der Waals surface area contributed by atoms with Crippen molar-refractivity contribution in [1.82, 2.24) is 15.0 Å². The van der Waals surface area contributed by atoms with Crippen LogP contribution in [0.5, 0.6) is 0 Å². The van der Waals surface area contributed by atoms with Gasteiger partial charge in [0.1, 0.15) is 0 Å². The minimum atomic E-state index is -2.87. The van der Waals surface area contributed by atoms with Crippen molar-refractivity contribution in [2.45, 2.75) is 12.5 Å². The van der Waals surface area contributed by atoms with E-state index in [0.29, 0.717) is 6.42 Å². The van der Waals surface area contributed by atoms with Crippen molar-refractivity contribution in [3.8, 4) is 0 Å². The molecule has 0 saturated carbocycles. The van der Waals surface area contributed by atoms with E-state index in [0.717, 1.165) is 5.69 Å². The molecule has 2 heterocycles. The topological polar surface area (TPSA) is 90.9 Å². The summed E-state index contributed by atoms with van der Waals surface area (Å²) < 4.78 is 24.2. The average molecular weight is 230 g/mol. The van der Waals surface area contributed by atoms with Crippen molar-refractivity contribution < 1.29 is 8.42 Å². The van der Waals surface area contributed by atoms with E-state index in [1.165, 1.54) is 0 Å². The van der Waals surface area contributed by atoms with Crippen molar-refractivity contribution in [2.75, 3.05) is 11.5 Å². The second-order valence-electron chi connectivity index (χ2n) is 3.97. The Morgan fingerprint density at radius 1 is 1.67 bits per heavy atom. The van der Waals surface area contributed by atoms with Gasteiger partial charge in [0.2, 0.25) is 0 Å². The zero-order valence-electron chi connectivity index (χ0n) is 8.50. The van der Waals surface area contributed by atoms with E-state index in [1.807, 2.05) is 0 Å². The predicted molar refractivity (Wildman–Crippen MR) is 54.7 cm³/mol. The Kier molecular flexibility index (Phi) is 2.51.